The van der Waals surface area contributed by atoms with Crippen LogP contribution in [-0.2, 0) is 0 Å². The Labute approximate surface area is 178 Å². The summed E-state index contributed by atoms with van der Waals surface area (Å²) in [4.78, 5) is 8.38. The summed E-state index contributed by atoms with van der Waals surface area (Å²) in [5.74, 6) is 0.496. The molecule has 30 heavy (non-hydrogen) atoms. The first kappa shape index (κ1) is 23.1. The molecule has 0 fully saturated rings. The molecule has 0 aliphatic carbocycles. The van der Waals surface area contributed by atoms with E-state index in [0.29, 0.717) is 24.9 Å². The lowest BCUT2D eigenvalue weighted by molar-refractivity contribution is 0.290. The minimum absolute atomic E-state index is 0.300. The second-order valence-electron chi connectivity index (χ2n) is 6.94. The zero-order valence-corrected chi connectivity index (χ0v) is 17.3. The molecule has 2 aromatic rings. The Kier molecular flexibility index (Phi) is 11.4. The molecule has 0 bridgehead atoms. The first-order valence-electron chi connectivity index (χ1n) is 10.5. The molecule has 0 amide bonds. The van der Waals surface area contributed by atoms with Gasteiger partial charge in [-0.3, -0.25) is 15.3 Å². The molecular weight excluding hydrogens is 381 g/mol. The molecule has 7 heteroatoms. The van der Waals surface area contributed by atoms with Gasteiger partial charge < -0.3 is 10.1 Å². The van der Waals surface area contributed by atoms with Crippen molar-refractivity contribution in [1.29, 1.82) is 5.26 Å². The molecule has 1 heterocycles. The van der Waals surface area contributed by atoms with Gasteiger partial charge in [0.05, 0.1) is 6.61 Å². The van der Waals surface area contributed by atoms with Crippen LogP contribution in [0, 0.1) is 17.3 Å². The monoisotopic (exact) mass is 411 g/mol. The highest BCUT2D eigenvalue weighted by molar-refractivity contribution is 5.94. The van der Waals surface area contributed by atoms with Gasteiger partial charge >= 0.3 is 0 Å². The Morgan fingerprint density at radius 2 is 1.63 bits per heavy atom. The number of ether oxygens (including phenoxy) is 1. The molecule has 2 rings (SSSR count). The van der Waals surface area contributed by atoms with Crippen LogP contribution < -0.4 is 15.4 Å². The maximum Gasteiger partial charge on any atom is 0.209 e. The average Bonchev–Trinajstić information content (AvgIpc) is 2.76. The number of pyridine rings is 1. The molecule has 1 aromatic heterocycles. The maximum absolute atomic E-state index is 13.4. The second kappa shape index (κ2) is 14.8. The van der Waals surface area contributed by atoms with Crippen molar-refractivity contribution in [2.24, 2.45) is 4.99 Å². The Bertz CT molecular complexity index is 792. The summed E-state index contributed by atoms with van der Waals surface area (Å²) in [7, 11) is 0. The number of hydrogen-bond donors (Lipinski definition) is 2. The molecule has 160 valence electrons. The molecule has 2 N–H and O–H groups in total. The lowest BCUT2D eigenvalue weighted by atomic mass is 10.1. The summed E-state index contributed by atoms with van der Waals surface area (Å²) in [5, 5.41) is 14.5. The summed E-state index contributed by atoms with van der Waals surface area (Å²) in [6, 6.07) is 10.2. The molecule has 0 saturated heterocycles. The molecule has 6 nitrogen and oxygen atoms in total. The van der Waals surface area contributed by atoms with Gasteiger partial charge in [-0.25, -0.2) is 4.39 Å². The van der Waals surface area contributed by atoms with Gasteiger partial charge in [0.15, 0.2) is 17.8 Å². The largest absolute Gasteiger partial charge is 0.491 e. The van der Waals surface area contributed by atoms with E-state index < -0.39 is 0 Å². The number of aliphatic imine (C=N–C) groups is 1. The Balaban J connectivity index is 1.46. The zero-order valence-electron chi connectivity index (χ0n) is 17.3. The molecule has 0 radical (unpaired) electrons. The maximum atomic E-state index is 13.4. The molecule has 0 aliphatic heterocycles. The Morgan fingerprint density at radius 1 is 0.967 bits per heavy atom. The zero-order chi connectivity index (χ0) is 21.3. The van der Waals surface area contributed by atoms with Gasteiger partial charge in [0.2, 0.25) is 5.96 Å². The normalized spacial score (nSPS) is 11.0. The molecule has 0 aliphatic rings. The highest BCUT2D eigenvalue weighted by atomic mass is 19.1. The molecule has 1 aromatic carbocycles. The SMILES string of the molecule is N#CNC(=NCCCCCCCCCCOc1ccccc1F)Nc1ccncc1. The Morgan fingerprint density at radius 3 is 2.33 bits per heavy atom. The van der Waals surface area contributed by atoms with Crippen LogP contribution in [0.25, 0.3) is 0 Å². The third kappa shape index (κ3) is 9.87. The lowest BCUT2D eigenvalue weighted by Crippen LogP contribution is -2.27. The highest BCUT2D eigenvalue weighted by Crippen LogP contribution is 2.16. The van der Waals surface area contributed by atoms with E-state index in [9.17, 15) is 4.39 Å². The fraction of sp³-hybridized carbons (Fsp3) is 0.435. The van der Waals surface area contributed by atoms with Crippen molar-refractivity contribution >= 4 is 11.6 Å². The van der Waals surface area contributed by atoms with E-state index in [1.54, 1.807) is 30.6 Å². The first-order valence-corrected chi connectivity index (χ1v) is 10.5. The highest BCUT2D eigenvalue weighted by Gasteiger charge is 2.01. The first-order chi connectivity index (χ1) is 14.8. The molecular formula is C23H30FN5O. The van der Waals surface area contributed by atoms with Crippen molar-refractivity contribution < 1.29 is 9.13 Å². The van der Waals surface area contributed by atoms with Crippen LogP contribution in [0.5, 0.6) is 5.75 Å². The molecule has 0 atom stereocenters. The summed E-state index contributed by atoms with van der Waals surface area (Å²) in [5.41, 5.74) is 0.839. The van der Waals surface area contributed by atoms with Crippen LogP contribution in [0.4, 0.5) is 10.1 Å². The van der Waals surface area contributed by atoms with Crippen LogP contribution in [0.1, 0.15) is 51.4 Å². The fourth-order valence-corrected chi connectivity index (χ4v) is 2.94. The standard InChI is InChI=1S/C23H30FN5O/c24-21-11-7-8-12-22(21)30-18-10-6-4-2-1-3-5-9-15-27-23(28-19-25)29-20-13-16-26-17-14-20/h7-8,11-14,16-17H,1-6,9-10,15,18H2,(H2,26,27,28,29). The van der Waals surface area contributed by atoms with E-state index in [-0.39, 0.29) is 5.82 Å². The number of halogens is 1. The number of aromatic nitrogens is 1. The molecule has 0 saturated carbocycles. The van der Waals surface area contributed by atoms with Crippen LogP contribution in [-0.4, -0.2) is 24.1 Å². The van der Waals surface area contributed by atoms with E-state index >= 15 is 0 Å². The van der Waals surface area contributed by atoms with Crippen LogP contribution >= 0.6 is 0 Å². The fourth-order valence-electron chi connectivity index (χ4n) is 2.94. The minimum Gasteiger partial charge on any atom is -0.491 e. The number of nitrogens with zero attached hydrogens (tertiary/aromatic N) is 3. The Hall–Kier alpha value is -3.14. The van der Waals surface area contributed by atoms with Crippen LogP contribution in [0.15, 0.2) is 53.8 Å². The predicted molar refractivity (Wildman–Crippen MR) is 118 cm³/mol. The molecule has 0 unspecified atom stereocenters. The van der Waals surface area contributed by atoms with Gasteiger partial charge in [0.25, 0.3) is 0 Å². The van der Waals surface area contributed by atoms with Crippen molar-refractivity contribution in [1.82, 2.24) is 10.3 Å². The number of guanidine groups is 1. The van der Waals surface area contributed by atoms with Gasteiger partial charge in [-0.15, -0.1) is 0 Å². The average molecular weight is 412 g/mol. The van der Waals surface area contributed by atoms with Gasteiger partial charge in [-0.05, 0) is 37.1 Å². The number of nitrogens with one attached hydrogen (secondary N) is 2. The van der Waals surface area contributed by atoms with Gasteiger partial charge in [-0.1, -0.05) is 50.7 Å². The molecule has 0 spiro atoms. The van der Waals surface area contributed by atoms with Gasteiger partial charge in [0.1, 0.15) is 0 Å². The van der Waals surface area contributed by atoms with Gasteiger partial charge in [-0.2, -0.15) is 5.26 Å². The number of benzene rings is 1. The third-order valence-electron chi connectivity index (χ3n) is 4.53. The quantitative estimate of drug-likeness (QED) is 0.154. The predicted octanol–water partition coefficient (Wildman–Crippen LogP) is 5.26. The second-order valence-corrected chi connectivity index (χ2v) is 6.94. The smallest absolute Gasteiger partial charge is 0.209 e. The topological polar surface area (TPSA) is 82.3 Å². The summed E-state index contributed by atoms with van der Waals surface area (Å²) >= 11 is 0. The number of rotatable bonds is 13. The van der Waals surface area contributed by atoms with E-state index in [1.165, 1.54) is 31.7 Å². The van der Waals surface area contributed by atoms with Crippen molar-refractivity contribution in [3.05, 3.63) is 54.6 Å². The number of hydrogen-bond acceptors (Lipinski definition) is 4. The minimum atomic E-state index is -0.300. The number of unbranched alkanes of at least 4 members (excludes halogenated alkanes) is 7. The summed E-state index contributed by atoms with van der Waals surface area (Å²) < 4.78 is 18.9. The van der Waals surface area contributed by atoms with Crippen molar-refractivity contribution in [3.63, 3.8) is 0 Å². The van der Waals surface area contributed by atoms with Crippen molar-refractivity contribution in [2.75, 3.05) is 18.5 Å². The van der Waals surface area contributed by atoms with Crippen LogP contribution in [0.3, 0.4) is 0 Å². The number of para-hydroxylation sites is 1. The lowest BCUT2D eigenvalue weighted by Gasteiger charge is -2.07. The van der Waals surface area contributed by atoms with E-state index in [0.717, 1.165) is 31.4 Å². The van der Waals surface area contributed by atoms with Crippen LogP contribution in [0.2, 0.25) is 0 Å². The third-order valence-corrected chi connectivity index (χ3v) is 4.53. The summed E-state index contributed by atoms with van der Waals surface area (Å²) in [6.07, 6.45) is 14.2. The number of anilines is 1. The van der Waals surface area contributed by atoms with E-state index in [2.05, 4.69) is 20.6 Å². The van der Waals surface area contributed by atoms with E-state index in [4.69, 9.17) is 10.00 Å². The van der Waals surface area contributed by atoms with Crippen molar-refractivity contribution in [3.8, 4) is 11.9 Å². The number of nitriles is 1. The van der Waals surface area contributed by atoms with E-state index in [1.807, 2.05) is 18.3 Å². The summed E-state index contributed by atoms with van der Waals surface area (Å²) in [6.45, 7) is 1.24. The van der Waals surface area contributed by atoms with Gasteiger partial charge in [0, 0.05) is 24.6 Å². The van der Waals surface area contributed by atoms with Crippen molar-refractivity contribution in [2.45, 2.75) is 51.4 Å².